The van der Waals surface area contributed by atoms with Gasteiger partial charge in [0.05, 0.1) is 5.56 Å². The molecule has 0 unspecified atom stereocenters. The average Bonchev–Trinajstić information content (AvgIpc) is 2.46. The molecule has 7 heteroatoms. The van der Waals surface area contributed by atoms with E-state index in [0.717, 1.165) is 25.9 Å². The number of hydrogen-bond donors (Lipinski definition) is 2. The lowest BCUT2D eigenvalue weighted by Gasteiger charge is -2.35. The summed E-state index contributed by atoms with van der Waals surface area (Å²) in [4.78, 5) is 12.1. The fourth-order valence-electron chi connectivity index (χ4n) is 3.20. The minimum atomic E-state index is -2.70. The van der Waals surface area contributed by atoms with Crippen molar-refractivity contribution in [3.63, 3.8) is 0 Å². The topological polar surface area (TPSA) is 41.1 Å². The maximum absolute atomic E-state index is 14.6. The zero-order valence-corrected chi connectivity index (χ0v) is 13.4. The Bertz CT molecular complexity index is 568. The van der Waals surface area contributed by atoms with Crippen molar-refractivity contribution in [1.82, 2.24) is 10.6 Å². The van der Waals surface area contributed by atoms with Crippen LogP contribution in [0, 0.1) is 5.82 Å². The van der Waals surface area contributed by atoms with Gasteiger partial charge in [0.15, 0.2) is 0 Å². The molecule has 1 saturated carbocycles. The number of hydrogen-bond acceptors (Lipinski definition) is 2. The normalized spacial score (nSPS) is 21.2. The summed E-state index contributed by atoms with van der Waals surface area (Å²) >= 11 is 0. The molecule has 23 heavy (non-hydrogen) atoms. The molecule has 3 rings (SSSR count). The van der Waals surface area contributed by atoms with E-state index in [-0.39, 0.29) is 36.7 Å². The molecule has 0 radical (unpaired) electrons. The van der Waals surface area contributed by atoms with Crippen LogP contribution in [-0.4, -0.2) is 31.0 Å². The highest BCUT2D eigenvalue weighted by Crippen LogP contribution is 2.37. The third-order valence-electron chi connectivity index (χ3n) is 4.48. The first kappa shape index (κ1) is 18.1. The van der Waals surface area contributed by atoms with Gasteiger partial charge in [-0.15, -0.1) is 12.4 Å². The van der Waals surface area contributed by atoms with Crippen molar-refractivity contribution in [2.45, 2.75) is 43.6 Å². The third kappa shape index (κ3) is 3.98. The van der Waals surface area contributed by atoms with E-state index < -0.39 is 23.7 Å². The van der Waals surface area contributed by atoms with E-state index >= 15 is 0 Å². The number of carbonyl (C=O) groups excluding carboxylic acids is 1. The number of nitrogens with one attached hydrogen (secondary N) is 2. The minimum absolute atomic E-state index is 0. The van der Waals surface area contributed by atoms with Crippen LogP contribution < -0.4 is 10.6 Å². The molecule has 1 amide bonds. The number of alkyl halides is 2. The molecule has 128 valence electrons. The molecular weight excluding hydrogens is 329 g/mol. The summed E-state index contributed by atoms with van der Waals surface area (Å²) in [7, 11) is 0. The van der Waals surface area contributed by atoms with Crippen LogP contribution in [0.1, 0.15) is 47.5 Å². The van der Waals surface area contributed by atoms with E-state index in [1.54, 1.807) is 12.1 Å². The van der Waals surface area contributed by atoms with Gasteiger partial charge in [0.25, 0.3) is 11.8 Å². The number of benzene rings is 1. The molecule has 1 aromatic rings. The van der Waals surface area contributed by atoms with Gasteiger partial charge in [0, 0.05) is 18.9 Å². The highest BCUT2D eigenvalue weighted by molar-refractivity contribution is 5.95. The van der Waals surface area contributed by atoms with E-state index in [1.165, 1.54) is 6.07 Å². The summed E-state index contributed by atoms with van der Waals surface area (Å²) in [6, 6.07) is 4.21. The molecule has 3 nitrogen and oxygen atoms in total. The first-order chi connectivity index (χ1) is 10.5. The molecule has 2 fully saturated rings. The third-order valence-corrected chi connectivity index (χ3v) is 4.48. The Morgan fingerprint density at radius 2 is 1.87 bits per heavy atom. The standard InChI is InChI=1S/C16H19F3N2O.ClH/c17-14-12(10-4-6-20-7-5-10)2-1-3-13(14)15(22)21-11-8-16(18,19)9-11;/h1-3,10-11,20H,4-9H2,(H,21,22);1H. The molecule has 1 saturated heterocycles. The molecular formula is C16H20ClF3N2O. The molecule has 0 atom stereocenters. The second-order valence-corrected chi connectivity index (χ2v) is 6.17. The van der Waals surface area contributed by atoms with E-state index in [1.807, 2.05) is 0 Å². The van der Waals surface area contributed by atoms with Crippen LogP contribution >= 0.6 is 12.4 Å². The zero-order valence-electron chi connectivity index (χ0n) is 12.6. The second-order valence-electron chi connectivity index (χ2n) is 6.17. The molecule has 1 heterocycles. The summed E-state index contributed by atoms with van der Waals surface area (Å²) in [6.07, 6.45) is 0.927. The summed E-state index contributed by atoms with van der Waals surface area (Å²) in [6.45, 7) is 1.66. The first-order valence-electron chi connectivity index (χ1n) is 7.64. The number of carbonyl (C=O) groups is 1. The van der Waals surface area contributed by atoms with Crippen molar-refractivity contribution >= 4 is 18.3 Å². The maximum Gasteiger partial charge on any atom is 0.254 e. The smallest absolute Gasteiger partial charge is 0.254 e. The number of amides is 1. The molecule has 1 aliphatic carbocycles. The van der Waals surface area contributed by atoms with E-state index in [9.17, 15) is 18.0 Å². The Balaban J connectivity index is 0.00000192. The Morgan fingerprint density at radius 3 is 2.48 bits per heavy atom. The predicted molar refractivity (Wildman–Crippen MR) is 83.9 cm³/mol. The number of piperidine rings is 1. The number of rotatable bonds is 3. The van der Waals surface area contributed by atoms with Crippen LogP contribution in [0.2, 0.25) is 0 Å². The van der Waals surface area contributed by atoms with Gasteiger partial charge in [-0.1, -0.05) is 12.1 Å². The Morgan fingerprint density at radius 1 is 1.22 bits per heavy atom. The fourth-order valence-corrected chi connectivity index (χ4v) is 3.20. The van der Waals surface area contributed by atoms with Gasteiger partial charge >= 0.3 is 0 Å². The van der Waals surface area contributed by atoms with Crippen molar-refractivity contribution in [1.29, 1.82) is 0 Å². The van der Waals surface area contributed by atoms with Crippen molar-refractivity contribution in [2.24, 2.45) is 0 Å². The lowest BCUT2D eigenvalue weighted by Crippen LogP contribution is -2.50. The van der Waals surface area contributed by atoms with Crippen LogP contribution in [0.25, 0.3) is 0 Å². The first-order valence-corrected chi connectivity index (χ1v) is 7.64. The second kappa shape index (κ2) is 7.09. The van der Waals surface area contributed by atoms with E-state index in [0.29, 0.717) is 5.56 Å². The van der Waals surface area contributed by atoms with Crippen molar-refractivity contribution in [3.8, 4) is 0 Å². The van der Waals surface area contributed by atoms with Gasteiger partial charge in [-0.3, -0.25) is 4.79 Å². The lowest BCUT2D eigenvalue weighted by atomic mass is 9.87. The molecule has 0 bridgehead atoms. The number of halogens is 4. The summed E-state index contributed by atoms with van der Waals surface area (Å²) in [5.41, 5.74) is 0.499. The van der Waals surface area contributed by atoms with Crippen LogP contribution in [0.3, 0.4) is 0 Å². The molecule has 1 aliphatic heterocycles. The molecule has 0 aromatic heterocycles. The van der Waals surface area contributed by atoms with Crippen molar-refractivity contribution in [3.05, 3.63) is 35.1 Å². The largest absolute Gasteiger partial charge is 0.349 e. The van der Waals surface area contributed by atoms with Crippen LogP contribution in [0.4, 0.5) is 13.2 Å². The minimum Gasteiger partial charge on any atom is -0.349 e. The van der Waals surface area contributed by atoms with E-state index in [4.69, 9.17) is 0 Å². The highest BCUT2D eigenvalue weighted by Gasteiger charge is 2.46. The summed E-state index contributed by atoms with van der Waals surface area (Å²) in [5, 5.41) is 5.71. The van der Waals surface area contributed by atoms with Gasteiger partial charge in [0.2, 0.25) is 0 Å². The predicted octanol–water partition coefficient (Wildman–Crippen LogP) is 3.24. The maximum atomic E-state index is 14.6. The Labute approximate surface area is 139 Å². The lowest BCUT2D eigenvalue weighted by molar-refractivity contribution is -0.0901. The average molecular weight is 349 g/mol. The molecule has 1 aromatic carbocycles. The van der Waals surface area contributed by atoms with Crippen molar-refractivity contribution in [2.75, 3.05) is 13.1 Å². The molecule has 2 N–H and O–H groups in total. The summed E-state index contributed by atoms with van der Waals surface area (Å²) in [5.74, 6) is -3.72. The van der Waals surface area contributed by atoms with Crippen LogP contribution in [0.15, 0.2) is 18.2 Å². The SMILES string of the molecule is Cl.O=C(NC1CC(F)(F)C1)c1cccc(C2CCNCC2)c1F. The monoisotopic (exact) mass is 348 g/mol. The molecule has 0 spiro atoms. The fraction of sp³-hybridized carbons (Fsp3) is 0.562. The van der Waals surface area contributed by atoms with Crippen molar-refractivity contribution < 1.29 is 18.0 Å². The molecule has 2 aliphatic rings. The quantitative estimate of drug-likeness (QED) is 0.880. The van der Waals surface area contributed by atoms with Crippen LogP contribution in [-0.2, 0) is 0 Å². The van der Waals surface area contributed by atoms with Crippen LogP contribution in [0.5, 0.6) is 0 Å². The summed E-state index contributed by atoms with van der Waals surface area (Å²) < 4.78 is 40.2. The Kier molecular flexibility index (Phi) is 5.57. The van der Waals surface area contributed by atoms with Gasteiger partial charge in [-0.05, 0) is 43.5 Å². The zero-order chi connectivity index (χ0) is 15.7. The van der Waals surface area contributed by atoms with Gasteiger partial charge < -0.3 is 10.6 Å². The van der Waals surface area contributed by atoms with Gasteiger partial charge in [-0.2, -0.15) is 0 Å². The van der Waals surface area contributed by atoms with Gasteiger partial charge in [-0.25, -0.2) is 13.2 Å². The highest BCUT2D eigenvalue weighted by atomic mass is 35.5. The van der Waals surface area contributed by atoms with Gasteiger partial charge in [0.1, 0.15) is 5.82 Å². The van der Waals surface area contributed by atoms with E-state index in [2.05, 4.69) is 10.6 Å². The Hall–Kier alpha value is -1.27.